The predicted molar refractivity (Wildman–Crippen MR) is 69.9 cm³/mol. The third-order valence-corrected chi connectivity index (χ3v) is 3.97. The average Bonchev–Trinajstić information content (AvgIpc) is 2.98. The van der Waals surface area contributed by atoms with Crippen LogP contribution in [0.5, 0.6) is 0 Å². The fourth-order valence-electron chi connectivity index (χ4n) is 2.87. The Kier molecular flexibility index (Phi) is 5.11. The molecule has 6 nitrogen and oxygen atoms in total. The molecule has 0 unspecified atom stereocenters. The van der Waals surface area contributed by atoms with E-state index in [0.717, 1.165) is 19.3 Å². The summed E-state index contributed by atoms with van der Waals surface area (Å²) in [6.45, 7) is 0.572. The molecule has 1 aliphatic heterocycles. The summed E-state index contributed by atoms with van der Waals surface area (Å²) >= 11 is 0. The summed E-state index contributed by atoms with van der Waals surface area (Å²) in [4.78, 5) is 35.5. The average molecular weight is 283 g/mol. The Hall–Kier alpha value is -1.43. The van der Waals surface area contributed by atoms with Crippen LogP contribution in [0.15, 0.2) is 0 Å². The summed E-state index contributed by atoms with van der Waals surface area (Å²) in [5, 5.41) is 2.71. The first-order valence-corrected chi connectivity index (χ1v) is 7.13. The van der Waals surface area contributed by atoms with Gasteiger partial charge in [-0.1, -0.05) is 0 Å². The van der Waals surface area contributed by atoms with E-state index in [1.165, 1.54) is 7.11 Å². The Morgan fingerprint density at radius 3 is 2.75 bits per heavy atom. The lowest BCUT2D eigenvalue weighted by molar-refractivity contribution is -0.149. The number of rotatable bonds is 4. The van der Waals surface area contributed by atoms with Crippen LogP contribution >= 0.6 is 0 Å². The van der Waals surface area contributed by atoms with Gasteiger partial charge in [0.2, 0.25) is 5.91 Å². The normalized spacial score (nSPS) is 27.9. The minimum Gasteiger partial charge on any atom is -0.467 e. The first-order valence-electron chi connectivity index (χ1n) is 7.13. The van der Waals surface area contributed by atoms with Crippen molar-refractivity contribution in [2.24, 2.45) is 5.92 Å². The summed E-state index contributed by atoms with van der Waals surface area (Å²) in [5.41, 5.74) is 0. The van der Waals surface area contributed by atoms with Crippen molar-refractivity contribution in [2.45, 2.75) is 50.7 Å². The van der Waals surface area contributed by atoms with Gasteiger partial charge in [0.05, 0.1) is 7.11 Å². The van der Waals surface area contributed by atoms with Gasteiger partial charge in [0.1, 0.15) is 17.9 Å². The van der Waals surface area contributed by atoms with E-state index < -0.39 is 18.1 Å². The van der Waals surface area contributed by atoms with E-state index >= 15 is 0 Å². The Bertz CT molecular complexity index is 389. The first-order chi connectivity index (χ1) is 9.61. The number of carbonyl (C=O) groups is 3. The summed E-state index contributed by atoms with van der Waals surface area (Å²) in [5.74, 6) is -0.803. The lowest BCUT2D eigenvalue weighted by Gasteiger charge is -2.29. The molecule has 1 heterocycles. The van der Waals surface area contributed by atoms with Crippen molar-refractivity contribution in [1.29, 1.82) is 0 Å². The summed E-state index contributed by atoms with van der Waals surface area (Å²) in [6, 6.07) is -0.749. The van der Waals surface area contributed by atoms with Gasteiger partial charge >= 0.3 is 5.97 Å². The largest absolute Gasteiger partial charge is 0.467 e. The maximum Gasteiger partial charge on any atom is 0.328 e. The summed E-state index contributed by atoms with van der Waals surface area (Å²) in [7, 11) is 1.29. The number of methoxy groups -OCH3 is 1. The van der Waals surface area contributed by atoms with Crippen molar-refractivity contribution in [3.05, 3.63) is 0 Å². The maximum absolute atomic E-state index is 12.1. The van der Waals surface area contributed by atoms with Crippen molar-refractivity contribution in [2.75, 3.05) is 13.7 Å². The molecule has 112 valence electrons. The molecule has 0 aromatic carbocycles. The monoisotopic (exact) mass is 283 g/mol. The number of hydrogen-bond donors (Lipinski definition) is 1. The molecule has 2 aliphatic rings. The molecule has 0 spiro atoms. The number of hydrogen-bond acceptors (Lipinski definition) is 5. The highest BCUT2D eigenvalue weighted by Crippen LogP contribution is 2.25. The molecule has 0 aromatic rings. The van der Waals surface area contributed by atoms with Crippen molar-refractivity contribution in [1.82, 2.24) is 5.32 Å². The number of amides is 1. The van der Waals surface area contributed by atoms with Crippen molar-refractivity contribution in [3.63, 3.8) is 0 Å². The van der Waals surface area contributed by atoms with E-state index in [2.05, 4.69) is 5.32 Å². The van der Waals surface area contributed by atoms with Crippen LogP contribution in [0.4, 0.5) is 0 Å². The van der Waals surface area contributed by atoms with Crippen molar-refractivity contribution in [3.8, 4) is 0 Å². The number of ketones is 1. The Morgan fingerprint density at radius 1 is 1.35 bits per heavy atom. The highest BCUT2D eigenvalue weighted by atomic mass is 16.5. The van der Waals surface area contributed by atoms with E-state index in [1.807, 2.05) is 0 Å². The molecule has 2 rings (SSSR count). The van der Waals surface area contributed by atoms with Crippen LogP contribution in [0.3, 0.4) is 0 Å². The maximum atomic E-state index is 12.1. The van der Waals surface area contributed by atoms with E-state index in [4.69, 9.17) is 9.47 Å². The SMILES string of the molecule is COC(=O)[C@@H](NC(=O)[C@H]1CCCO1)[C@H]1CCCC(=O)C1. The van der Waals surface area contributed by atoms with Crippen LogP contribution in [0, 0.1) is 5.92 Å². The Labute approximate surface area is 118 Å². The number of esters is 1. The van der Waals surface area contributed by atoms with Crippen molar-refractivity contribution >= 4 is 17.7 Å². The second-order valence-corrected chi connectivity index (χ2v) is 5.41. The van der Waals surface area contributed by atoms with Crippen LogP contribution in [0.25, 0.3) is 0 Å². The van der Waals surface area contributed by atoms with Crippen LogP contribution in [0.2, 0.25) is 0 Å². The molecule has 6 heteroatoms. The van der Waals surface area contributed by atoms with Crippen LogP contribution < -0.4 is 5.32 Å². The molecule has 1 saturated carbocycles. The molecule has 0 aromatic heterocycles. The lowest BCUT2D eigenvalue weighted by atomic mass is 9.83. The van der Waals surface area contributed by atoms with Crippen LogP contribution in [0.1, 0.15) is 38.5 Å². The van der Waals surface area contributed by atoms with Gasteiger partial charge in [0.15, 0.2) is 0 Å². The van der Waals surface area contributed by atoms with Gasteiger partial charge in [-0.15, -0.1) is 0 Å². The van der Waals surface area contributed by atoms with Crippen LogP contribution in [-0.4, -0.2) is 43.5 Å². The molecule has 0 radical (unpaired) electrons. The topological polar surface area (TPSA) is 81.7 Å². The predicted octanol–water partition coefficient (Wildman–Crippen LogP) is 0.582. The molecule has 1 amide bonds. The molecule has 1 N–H and O–H groups in total. The van der Waals surface area contributed by atoms with E-state index in [-0.39, 0.29) is 17.6 Å². The van der Waals surface area contributed by atoms with Gasteiger partial charge < -0.3 is 14.8 Å². The molecule has 0 bridgehead atoms. The molecule has 3 atom stereocenters. The minimum absolute atomic E-state index is 0.140. The second-order valence-electron chi connectivity index (χ2n) is 5.41. The van der Waals surface area contributed by atoms with Gasteiger partial charge in [0.25, 0.3) is 0 Å². The van der Waals surface area contributed by atoms with Gasteiger partial charge in [-0.25, -0.2) is 4.79 Å². The van der Waals surface area contributed by atoms with E-state index in [9.17, 15) is 14.4 Å². The van der Waals surface area contributed by atoms with E-state index in [0.29, 0.717) is 25.9 Å². The summed E-state index contributed by atoms with van der Waals surface area (Å²) in [6.07, 6.45) is 3.42. The molecule has 1 saturated heterocycles. The van der Waals surface area contributed by atoms with Crippen LogP contribution in [-0.2, 0) is 23.9 Å². The third kappa shape index (κ3) is 3.56. The van der Waals surface area contributed by atoms with Gasteiger partial charge in [-0.05, 0) is 31.6 Å². The molecule has 2 fully saturated rings. The van der Waals surface area contributed by atoms with Gasteiger partial charge in [0, 0.05) is 19.4 Å². The third-order valence-electron chi connectivity index (χ3n) is 3.97. The quantitative estimate of drug-likeness (QED) is 0.763. The number of ether oxygens (including phenoxy) is 2. The van der Waals surface area contributed by atoms with Gasteiger partial charge in [-0.2, -0.15) is 0 Å². The standard InChI is InChI=1S/C14H21NO5/c1-19-14(18)12(9-4-2-5-10(16)8-9)15-13(17)11-6-3-7-20-11/h9,11-12H,2-8H2,1H3,(H,15,17)/t9-,11+,12-/m0/s1. The molecular weight excluding hydrogens is 262 g/mol. The van der Waals surface area contributed by atoms with E-state index in [1.54, 1.807) is 0 Å². The number of nitrogens with one attached hydrogen (secondary N) is 1. The van der Waals surface area contributed by atoms with Gasteiger partial charge in [-0.3, -0.25) is 9.59 Å². The number of carbonyl (C=O) groups excluding carboxylic acids is 3. The first kappa shape index (κ1) is 15.0. The fraction of sp³-hybridized carbons (Fsp3) is 0.786. The number of Topliss-reactive ketones (excluding diaryl/α,β-unsaturated/α-hetero) is 1. The Balaban J connectivity index is 2.01. The molecule has 1 aliphatic carbocycles. The zero-order valence-corrected chi connectivity index (χ0v) is 11.7. The zero-order chi connectivity index (χ0) is 14.5. The lowest BCUT2D eigenvalue weighted by Crippen LogP contribution is -2.50. The molecular formula is C14H21NO5. The highest BCUT2D eigenvalue weighted by molar-refractivity contribution is 5.88. The summed E-state index contributed by atoms with van der Waals surface area (Å²) < 4.78 is 10.1. The molecule has 20 heavy (non-hydrogen) atoms. The zero-order valence-electron chi connectivity index (χ0n) is 11.7. The fourth-order valence-corrected chi connectivity index (χ4v) is 2.87. The smallest absolute Gasteiger partial charge is 0.328 e. The second kappa shape index (κ2) is 6.83. The highest BCUT2D eigenvalue weighted by Gasteiger charge is 2.36. The Morgan fingerprint density at radius 2 is 2.15 bits per heavy atom. The minimum atomic E-state index is -0.749. The van der Waals surface area contributed by atoms with Crippen molar-refractivity contribution < 1.29 is 23.9 Å².